The van der Waals surface area contributed by atoms with E-state index >= 15 is 0 Å². The van der Waals surface area contributed by atoms with Gasteiger partial charge in [0.1, 0.15) is 5.60 Å². The first kappa shape index (κ1) is 18.7. The number of carbonyl (C=O) groups is 1. The number of halogens is 1. The number of benzene rings is 2. The molecule has 2 aromatic rings. The lowest BCUT2D eigenvalue weighted by molar-refractivity contribution is -0.159. The molecule has 0 aliphatic carbocycles. The van der Waals surface area contributed by atoms with Crippen LogP contribution in [0.4, 0.5) is 5.69 Å². The average Bonchev–Trinajstić information content (AvgIpc) is 2.53. The van der Waals surface area contributed by atoms with E-state index in [1.807, 2.05) is 57.2 Å². The number of hydrogen-bond donors (Lipinski definition) is 1. The summed E-state index contributed by atoms with van der Waals surface area (Å²) >= 11 is 11.4. The molecular weight excluding hydrogens is 370 g/mol. The lowest BCUT2D eigenvalue weighted by Crippen LogP contribution is -2.43. The summed E-state index contributed by atoms with van der Waals surface area (Å²) in [4.78, 5) is 12.7. The van der Waals surface area contributed by atoms with E-state index in [0.29, 0.717) is 5.02 Å². The van der Waals surface area contributed by atoms with Crippen molar-refractivity contribution in [2.75, 3.05) is 5.32 Å². The van der Waals surface area contributed by atoms with E-state index in [1.54, 1.807) is 12.1 Å². The van der Waals surface area contributed by atoms with Crippen LogP contribution in [0.2, 0.25) is 5.02 Å². The number of carbonyl (C=O) groups excluding carboxylic acids is 1. The van der Waals surface area contributed by atoms with Crippen molar-refractivity contribution in [2.24, 2.45) is 0 Å². The highest BCUT2D eigenvalue weighted by molar-refractivity contribution is 7.80. The highest BCUT2D eigenvalue weighted by Crippen LogP contribution is 2.44. The zero-order valence-electron chi connectivity index (χ0n) is 14.8. The number of rotatable bonds is 3. The van der Waals surface area contributed by atoms with Gasteiger partial charge in [0.2, 0.25) is 0 Å². The Hall–Kier alpha value is -2.11. The zero-order valence-corrected chi connectivity index (χ0v) is 16.4. The number of hydrogen-bond acceptors (Lipinski definition) is 4. The molecule has 4 nitrogen and oxygen atoms in total. The molecule has 0 radical (unpaired) electrons. The van der Waals surface area contributed by atoms with Crippen LogP contribution in [0.15, 0.2) is 48.5 Å². The van der Waals surface area contributed by atoms with Crippen molar-refractivity contribution in [1.29, 1.82) is 0 Å². The maximum absolute atomic E-state index is 12.7. The molecule has 1 atom stereocenters. The number of thiocarbonyl (C=S) groups is 1. The number of nitrogens with one attached hydrogen (secondary N) is 1. The largest absolute Gasteiger partial charge is 0.460 e. The number of para-hydroxylation sites is 1. The summed E-state index contributed by atoms with van der Waals surface area (Å²) in [5.74, 6) is -0.369. The van der Waals surface area contributed by atoms with Crippen molar-refractivity contribution in [1.82, 2.24) is 0 Å². The van der Waals surface area contributed by atoms with E-state index in [4.69, 9.17) is 33.3 Å². The number of fused-ring (bicyclic) bond motifs is 1. The Morgan fingerprint density at radius 1 is 1.19 bits per heavy atom. The fourth-order valence-corrected chi connectivity index (χ4v) is 3.42. The second kappa shape index (κ2) is 6.89. The fourth-order valence-electron chi connectivity index (χ4n) is 3.04. The van der Waals surface area contributed by atoms with Crippen LogP contribution in [-0.4, -0.2) is 16.7 Å². The normalized spacial score (nSPS) is 19.2. The topological polar surface area (TPSA) is 47.6 Å². The van der Waals surface area contributed by atoms with E-state index in [9.17, 15) is 4.79 Å². The minimum Gasteiger partial charge on any atom is -0.460 e. The Kier molecular flexibility index (Phi) is 4.95. The van der Waals surface area contributed by atoms with Gasteiger partial charge in [0, 0.05) is 21.8 Å². The van der Waals surface area contributed by atoms with Crippen molar-refractivity contribution in [3.63, 3.8) is 0 Å². The highest BCUT2D eigenvalue weighted by Gasteiger charge is 2.45. The molecule has 1 aliphatic rings. The Morgan fingerprint density at radius 3 is 2.50 bits per heavy atom. The van der Waals surface area contributed by atoms with Gasteiger partial charge in [-0.2, -0.15) is 0 Å². The van der Waals surface area contributed by atoms with E-state index in [1.165, 1.54) is 0 Å². The quantitative estimate of drug-likeness (QED) is 0.588. The van der Waals surface area contributed by atoms with Crippen molar-refractivity contribution in [2.45, 2.75) is 38.4 Å². The van der Waals surface area contributed by atoms with E-state index in [2.05, 4.69) is 5.32 Å². The number of ether oxygens (including phenoxy) is 2. The molecule has 1 N–H and O–H groups in total. The summed E-state index contributed by atoms with van der Waals surface area (Å²) in [6.07, 6.45) is -0.00919. The maximum atomic E-state index is 12.7. The summed E-state index contributed by atoms with van der Waals surface area (Å²) in [5, 5.41) is 3.86. The molecule has 2 aromatic carbocycles. The van der Waals surface area contributed by atoms with Crippen LogP contribution in [0.25, 0.3) is 0 Å². The van der Waals surface area contributed by atoms with Crippen molar-refractivity contribution in [3.8, 4) is 0 Å². The second-order valence-electron chi connectivity index (χ2n) is 7.16. The third-order valence-corrected chi connectivity index (χ3v) is 4.43. The molecule has 0 amide bonds. The molecule has 0 saturated carbocycles. The maximum Gasteiger partial charge on any atom is 0.311 e. The van der Waals surface area contributed by atoms with Crippen LogP contribution < -0.4 is 5.32 Å². The van der Waals surface area contributed by atoms with Gasteiger partial charge in [-0.1, -0.05) is 41.9 Å². The first-order valence-corrected chi connectivity index (χ1v) is 9.06. The lowest BCUT2D eigenvalue weighted by atomic mass is 9.81. The molecule has 0 saturated heterocycles. The van der Waals surface area contributed by atoms with Gasteiger partial charge in [-0.15, -0.1) is 0 Å². The lowest BCUT2D eigenvalue weighted by Gasteiger charge is -2.40. The molecule has 0 fully saturated rings. The second-order valence-corrected chi connectivity index (χ2v) is 7.96. The standard InChI is InChI=1S/C20H20ClNO3S/c1-19(2,3)24-17(23)12-20(13-8-10-14(21)11-9-13)15-6-4-5-7-16(15)22-18(26)25-20/h4-11H,12H2,1-3H3,(H,22,26). The molecule has 0 aromatic heterocycles. The molecule has 3 rings (SSSR count). The Bertz CT molecular complexity index is 845. The fraction of sp³-hybridized carbons (Fsp3) is 0.300. The van der Waals surface area contributed by atoms with Crippen LogP contribution in [-0.2, 0) is 19.9 Å². The smallest absolute Gasteiger partial charge is 0.311 e. The van der Waals surface area contributed by atoms with Crippen LogP contribution in [0.3, 0.4) is 0 Å². The van der Waals surface area contributed by atoms with E-state index in [-0.39, 0.29) is 17.6 Å². The van der Waals surface area contributed by atoms with Crippen LogP contribution in [0.1, 0.15) is 38.3 Å². The van der Waals surface area contributed by atoms with Crippen LogP contribution in [0.5, 0.6) is 0 Å². The third kappa shape index (κ3) is 3.84. The molecule has 26 heavy (non-hydrogen) atoms. The Morgan fingerprint density at radius 2 is 1.85 bits per heavy atom. The van der Waals surface area contributed by atoms with E-state index in [0.717, 1.165) is 16.8 Å². The summed E-state index contributed by atoms with van der Waals surface area (Å²) in [6.45, 7) is 5.51. The molecule has 0 bridgehead atoms. The first-order chi connectivity index (χ1) is 12.2. The van der Waals surface area contributed by atoms with Gasteiger partial charge in [-0.05, 0) is 51.2 Å². The van der Waals surface area contributed by atoms with Gasteiger partial charge in [0.15, 0.2) is 5.60 Å². The summed E-state index contributed by atoms with van der Waals surface area (Å²) < 4.78 is 11.6. The third-order valence-electron chi connectivity index (χ3n) is 3.99. The Labute approximate surface area is 163 Å². The van der Waals surface area contributed by atoms with Gasteiger partial charge in [0.05, 0.1) is 6.42 Å². The summed E-state index contributed by atoms with van der Waals surface area (Å²) in [6, 6.07) is 14.9. The molecule has 0 spiro atoms. The molecule has 1 heterocycles. The van der Waals surface area contributed by atoms with Crippen LogP contribution in [0, 0.1) is 0 Å². The van der Waals surface area contributed by atoms with Gasteiger partial charge in [-0.25, -0.2) is 0 Å². The van der Waals surface area contributed by atoms with Gasteiger partial charge in [-0.3, -0.25) is 4.79 Å². The van der Waals surface area contributed by atoms with E-state index < -0.39 is 11.2 Å². The molecule has 1 aliphatic heterocycles. The first-order valence-electron chi connectivity index (χ1n) is 8.27. The van der Waals surface area contributed by atoms with Crippen LogP contribution >= 0.6 is 23.8 Å². The average molecular weight is 390 g/mol. The molecule has 136 valence electrons. The summed E-state index contributed by atoms with van der Waals surface area (Å²) in [7, 11) is 0. The molecule has 6 heteroatoms. The number of esters is 1. The molecular formula is C20H20ClNO3S. The minimum absolute atomic E-state index is 0.00919. The number of anilines is 1. The van der Waals surface area contributed by atoms with Gasteiger partial charge in [0.25, 0.3) is 5.17 Å². The van der Waals surface area contributed by atoms with Crippen molar-refractivity contribution in [3.05, 3.63) is 64.7 Å². The SMILES string of the molecule is CC(C)(C)OC(=O)CC1(c2ccc(Cl)cc2)OC(=S)Nc2ccccc21. The molecule has 1 unspecified atom stereocenters. The van der Waals surface area contributed by atoms with Gasteiger partial charge >= 0.3 is 5.97 Å². The van der Waals surface area contributed by atoms with Crippen molar-refractivity contribution >= 4 is 40.7 Å². The monoisotopic (exact) mass is 389 g/mol. The predicted octanol–water partition coefficient (Wildman–Crippen LogP) is 5.04. The highest BCUT2D eigenvalue weighted by atomic mass is 35.5. The summed E-state index contributed by atoms with van der Waals surface area (Å²) in [5.41, 5.74) is 0.741. The van der Waals surface area contributed by atoms with Crippen molar-refractivity contribution < 1.29 is 14.3 Å². The minimum atomic E-state index is -1.08. The Balaban J connectivity index is 2.13. The predicted molar refractivity (Wildman–Crippen MR) is 106 cm³/mol. The zero-order chi connectivity index (χ0) is 18.9. The van der Waals surface area contributed by atoms with Gasteiger partial charge < -0.3 is 14.8 Å².